The zero-order valence-electron chi connectivity index (χ0n) is 14.9. The van der Waals surface area contributed by atoms with Crippen molar-refractivity contribution in [1.82, 2.24) is 9.38 Å². The summed E-state index contributed by atoms with van der Waals surface area (Å²) in [5, 5.41) is 0. The van der Waals surface area contributed by atoms with Crippen molar-refractivity contribution in [2.24, 2.45) is 4.99 Å². The molecule has 3 aromatic rings. The van der Waals surface area contributed by atoms with Crippen LogP contribution in [0.4, 0.5) is 5.82 Å². The van der Waals surface area contributed by atoms with Gasteiger partial charge in [-0.1, -0.05) is 6.07 Å². The van der Waals surface area contributed by atoms with Gasteiger partial charge in [0.15, 0.2) is 0 Å². The lowest BCUT2D eigenvalue weighted by molar-refractivity contribution is 0.513. The van der Waals surface area contributed by atoms with Crippen molar-refractivity contribution in [3.8, 4) is 0 Å². The van der Waals surface area contributed by atoms with Gasteiger partial charge in [-0.15, -0.1) is 0 Å². The van der Waals surface area contributed by atoms with Gasteiger partial charge in [-0.3, -0.25) is 14.2 Å². The molecule has 0 aliphatic carbocycles. The van der Waals surface area contributed by atoms with E-state index in [9.17, 15) is 4.79 Å². The number of aliphatic imine (C=N–C) groups is 1. The molecule has 0 N–H and O–H groups in total. The molecule has 1 fully saturated rings. The predicted octanol–water partition coefficient (Wildman–Crippen LogP) is 3.21. The smallest absolute Gasteiger partial charge is 0.268 e. The van der Waals surface area contributed by atoms with E-state index in [0.717, 1.165) is 43.1 Å². The lowest BCUT2D eigenvalue weighted by Gasteiger charge is -2.29. The summed E-state index contributed by atoms with van der Waals surface area (Å²) < 4.78 is 6.92. The summed E-state index contributed by atoms with van der Waals surface area (Å²) in [6, 6.07) is 7.55. The van der Waals surface area contributed by atoms with Crippen LogP contribution in [-0.2, 0) is 6.54 Å². The van der Waals surface area contributed by atoms with Crippen LogP contribution in [0.3, 0.4) is 0 Å². The zero-order chi connectivity index (χ0) is 17.9. The second kappa shape index (κ2) is 7.15. The highest BCUT2D eigenvalue weighted by molar-refractivity contribution is 5.87. The van der Waals surface area contributed by atoms with E-state index in [-0.39, 0.29) is 5.56 Å². The highest BCUT2D eigenvalue weighted by Crippen LogP contribution is 2.21. The van der Waals surface area contributed by atoms with Gasteiger partial charge in [-0.2, -0.15) is 0 Å². The van der Waals surface area contributed by atoms with Gasteiger partial charge in [0.05, 0.1) is 12.8 Å². The quantitative estimate of drug-likeness (QED) is 0.678. The first kappa shape index (κ1) is 16.6. The van der Waals surface area contributed by atoms with Crippen LogP contribution in [0.15, 0.2) is 50.9 Å². The summed E-state index contributed by atoms with van der Waals surface area (Å²) in [6.07, 6.45) is 8.51. The maximum atomic E-state index is 13.1. The Kier molecular flexibility index (Phi) is 4.56. The van der Waals surface area contributed by atoms with Crippen molar-refractivity contribution in [3.05, 3.63) is 64.0 Å². The molecule has 6 nitrogen and oxygen atoms in total. The molecule has 1 saturated heterocycles. The second-order valence-electron chi connectivity index (χ2n) is 6.64. The van der Waals surface area contributed by atoms with Gasteiger partial charge in [-0.25, -0.2) is 4.98 Å². The molecule has 26 heavy (non-hydrogen) atoms. The first-order valence-corrected chi connectivity index (χ1v) is 9.03. The lowest BCUT2D eigenvalue weighted by atomic mass is 10.1. The number of hydrogen-bond acceptors (Lipinski definition) is 5. The average Bonchev–Trinajstić information content (AvgIpc) is 3.18. The Morgan fingerprint density at radius 2 is 2.08 bits per heavy atom. The fourth-order valence-electron chi connectivity index (χ4n) is 3.39. The number of aromatic nitrogens is 2. The van der Waals surface area contributed by atoms with Crippen molar-refractivity contribution in [1.29, 1.82) is 0 Å². The Morgan fingerprint density at radius 3 is 2.85 bits per heavy atom. The number of aryl methyl sites for hydroxylation is 1. The molecule has 6 heteroatoms. The first-order valence-electron chi connectivity index (χ1n) is 9.03. The van der Waals surface area contributed by atoms with Crippen LogP contribution < -0.4 is 10.5 Å². The van der Waals surface area contributed by atoms with Crippen molar-refractivity contribution >= 4 is 17.7 Å². The van der Waals surface area contributed by atoms with E-state index in [4.69, 9.17) is 9.40 Å². The molecule has 4 heterocycles. The van der Waals surface area contributed by atoms with Gasteiger partial charge in [0, 0.05) is 25.5 Å². The second-order valence-corrected chi connectivity index (χ2v) is 6.64. The fraction of sp³-hybridized carbons (Fsp3) is 0.350. The zero-order valence-corrected chi connectivity index (χ0v) is 14.9. The molecule has 1 aliphatic heterocycles. The molecule has 0 unspecified atom stereocenters. The van der Waals surface area contributed by atoms with E-state index >= 15 is 0 Å². The first-order chi connectivity index (χ1) is 12.7. The van der Waals surface area contributed by atoms with E-state index in [1.54, 1.807) is 23.1 Å². The van der Waals surface area contributed by atoms with Gasteiger partial charge in [-0.05, 0) is 49.9 Å². The number of pyridine rings is 1. The Hall–Kier alpha value is -2.89. The number of fused-ring (bicyclic) bond motifs is 1. The molecular weight excluding hydrogens is 328 g/mol. The third-order valence-electron chi connectivity index (χ3n) is 4.77. The number of rotatable bonds is 4. The SMILES string of the molecule is Cc1cccn2c(=O)c(C=NCc3ccco3)c(N3CCCCC3)nc12. The monoisotopic (exact) mass is 350 g/mol. The number of hydrogen-bond donors (Lipinski definition) is 0. The summed E-state index contributed by atoms with van der Waals surface area (Å²) >= 11 is 0. The van der Waals surface area contributed by atoms with Gasteiger partial charge in [0.1, 0.15) is 22.8 Å². The maximum Gasteiger partial charge on any atom is 0.268 e. The number of piperidine rings is 1. The van der Waals surface area contributed by atoms with Crippen LogP contribution in [0.1, 0.15) is 36.1 Å². The van der Waals surface area contributed by atoms with Crippen LogP contribution in [0.2, 0.25) is 0 Å². The minimum Gasteiger partial charge on any atom is -0.467 e. The van der Waals surface area contributed by atoms with E-state index < -0.39 is 0 Å². The molecule has 0 saturated carbocycles. The molecule has 0 atom stereocenters. The molecular formula is C20H22N4O2. The van der Waals surface area contributed by atoms with E-state index in [1.807, 2.05) is 31.2 Å². The maximum absolute atomic E-state index is 13.1. The van der Waals surface area contributed by atoms with Crippen molar-refractivity contribution in [3.63, 3.8) is 0 Å². The Balaban J connectivity index is 1.81. The third-order valence-corrected chi connectivity index (χ3v) is 4.77. The summed E-state index contributed by atoms with van der Waals surface area (Å²) in [4.78, 5) is 24.6. The fourth-order valence-corrected chi connectivity index (χ4v) is 3.39. The van der Waals surface area contributed by atoms with Gasteiger partial charge in [0.2, 0.25) is 0 Å². The van der Waals surface area contributed by atoms with Crippen LogP contribution >= 0.6 is 0 Å². The van der Waals surface area contributed by atoms with Gasteiger partial charge in [0.25, 0.3) is 5.56 Å². The van der Waals surface area contributed by atoms with Gasteiger partial charge >= 0.3 is 0 Å². The third kappa shape index (κ3) is 3.14. The normalized spacial score (nSPS) is 15.2. The highest BCUT2D eigenvalue weighted by atomic mass is 16.3. The summed E-state index contributed by atoms with van der Waals surface area (Å²) in [5.41, 5.74) is 2.16. The van der Waals surface area contributed by atoms with Crippen LogP contribution in [0.25, 0.3) is 5.65 Å². The minimum absolute atomic E-state index is 0.0810. The largest absolute Gasteiger partial charge is 0.467 e. The Morgan fingerprint density at radius 1 is 1.23 bits per heavy atom. The molecule has 4 rings (SSSR count). The van der Waals surface area contributed by atoms with Gasteiger partial charge < -0.3 is 9.32 Å². The van der Waals surface area contributed by atoms with Crippen LogP contribution in [0, 0.1) is 6.92 Å². The molecule has 0 aromatic carbocycles. The Bertz CT molecular complexity index is 983. The van der Waals surface area contributed by atoms with Crippen molar-refractivity contribution in [2.75, 3.05) is 18.0 Å². The standard InChI is InChI=1S/C20H22N4O2/c1-15-7-5-11-24-18(15)22-19(23-9-3-2-4-10-23)17(20(24)25)14-21-13-16-8-6-12-26-16/h5-8,11-12,14H,2-4,9-10,13H2,1H3. The summed E-state index contributed by atoms with van der Waals surface area (Å²) in [5.74, 6) is 1.51. The Labute approximate surface area is 151 Å². The molecule has 0 spiro atoms. The predicted molar refractivity (Wildman–Crippen MR) is 102 cm³/mol. The number of anilines is 1. The topological polar surface area (TPSA) is 63.1 Å². The summed E-state index contributed by atoms with van der Waals surface area (Å²) in [6.45, 7) is 4.23. The van der Waals surface area contributed by atoms with Crippen LogP contribution in [0.5, 0.6) is 0 Å². The number of furan rings is 1. The van der Waals surface area contributed by atoms with E-state index in [2.05, 4.69) is 9.89 Å². The average molecular weight is 350 g/mol. The van der Waals surface area contributed by atoms with Crippen LogP contribution in [-0.4, -0.2) is 28.7 Å². The van der Waals surface area contributed by atoms with E-state index in [1.165, 1.54) is 6.42 Å². The highest BCUT2D eigenvalue weighted by Gasteiger charge is 2.19. The summed E-state index contributed by atoms with van der Waals surface area (Å²) in [7, 11) is 0. The number of nitrogens with zero attached hydrogens (tertiary/aromatic N) is 4. The van der Waals surface area contributed by atoms with E-state index in [0.29, 0.717) is 17.8 Å². The molecule has 1 aliphatic rings. The molecule has 0 amide bonds. The molecule has 0 bridgehead atoms. The molecule has 3 aromatic heterocycles. The van der Waals surface area contributed by atoms with Crippen molar-refractivity contribution in [2.45, 2.75) is 32.7 Å². The van der Waals surface area contributed by atoms with Crippen molar-refractivity contribution < 1.29 is 4.42 Å². The lowest BCUT2D eigenvalue weighted by Crippen LogP contribution is -2.34. The minimum atomic E-state index is -0.0810. The molecule has 0 radical (unpaired) electrons. The molecule has 134 valence electrons.